The molecule has 0 aliphatic heterocycles. The fraction of sp³-hybridized carbons (Fsp3) is 0.467. The van der Waals surface area contributed by atoms with E-state index in [-0.39, 0.29) is 11.2 Å². The smallest absolute Gasteiger partial charge is 0.239 e. The van der Waals surface area contributed by atoms with Crippen molar-refractivity contribution >= 4 is 23.1 Å². The minimum atomic E-state index is 0.0414. The Morgan fingerprint density at radius 1 is 1.35 bits per heavy atom. The zero-order valence-electron chi connectivity index (χ0n) is 13.3. The molecule has 0 radical (unpaired) electrons. The van der Waals surface area contributed by atoms with Gasteiger partial charge in [-0.25, -0.2) is 0 Å². The van der Waals surface area contributed by atoms with Crippen LogP contribution < -0.4 is 0 Å². The second kappa shape index (κ2) is 7.27. The van der Waals surface area contributed by atoms with E-state index >= 15 is 0 Å². The first kappa shape index (κ1) is 16.2. The van der Waals surface area contributed by atoms with E-state index in [4.69, 9.17) is 4.52 Å². The minimum absolute atomic E-state index is 0.0414. The van der Waals surface area contributed by atoms with Crippen LogP contribution in [-0.2, 0) is 13.0 Å². The van der Waals surface area contributed by atoms with E-state index in [1.54, 1.807) is 29.4 Å². The Balaban J connectivity index is 1.64. The van der Waals surface area contributed by atoms with Crippen molar-refractivity contribution in [2.24, 2.45) is 0 Å². The van der Waals surface area contributed by atoms with Gasteiger partial charge in [-0.15, -0.1) is 21.5 Å². The summed E-state index contributed by atoms with van der Waals surface area (Å²) >= 11 is 3.36. The van der Waals surface area contributed by atoms with E-state index in [1.165, 1.54) is 4.88 Å². The number of thioether (sulfide) groups is 1. The molecule has 0 saturated carbocycles. The summed E-state index contributed by atoms with van der Waals surface area (Å²) in [6, 6.07) is 4.22. The van der Waals surface area contributed by atoms with E-state index in [1.807, 2.05) is 20.8 Å². The molecule has 23 heavy (non-hydrogen) atoms. The molecule has 0 spiro atoms. The lowest BCUT2D eigenvalue weighted by Gasteiger charge is -2.08. The molecule has 0 saturated heterocycles. The van der Waals surface area contributed by atoms with Gasteiger partial charge >= 0.3 is 0 Å². The molecule has 3 aromatic heterocycles. The lowest BCUT2D eigenvalue weighted by molar-refractivity contribution is 0.372. The fourth-order valence-electron chi connectivity index (χ4n) is 2.03. The van der Waals surface area contributed by atoms with E-state index in [0.717, 1.165) is 23.9 Å². The fourth-order valence-corrected chi connectivity index (χ4v) is 3.61. The van der Waals surface area contributed by atoms with Crippen LogP contribution in [-0.4, -0.2) is 24.9 Å². The third-order valence-electron chi connectivity index (χ3n) is 3.36. The van der Waals surface area contributed by atoms with Crippen molar-refractivity contribution in [1.82, 2.24) is 24.9 Å². The second-order valence-corrected chi connectivity index (χ2v) is 7.88. The van der Waals surface area contributed by atoms with E-state index in [0.29, 0.717) is 5.89 Å². The molecule has 0 aromatic carbocycles. The number of thiophene rings is 1. The second-order valence-electron chi connectivity index (χ2n) is 5.54. The molecule has 122 valence electrons. The number of rotatable bonds is 7. The maximum Gasteiger partial charge on any atom is 0.239 e. The van der Waals surface area contributed by atoms with Crippen LogP contribution in [0.3, 0.4) is 0 Å². The minimum Gasteiger partial charge on any atom is -0.338 e. The van der Waals surface area contributed by atoms with Gasteiger partial charge in [0.25, 0.3) is 0 Å². The van der Waals surface area contributed by atoms with Crippen LogP contribution in [0, 0.1) is 0 Å². The highest BCUT2D eigenvalue weighted by Gasteiger charge is 2.19. The molecule has 1 atom stereocenters. The molecular formula is C15H19N5OS2. The highest BCUT2D eigenvalue weighted by atomic mass is 32.2. The molecule has 0 amide bonds. The quantitative estimate of drug-likeness (QED) is 0.602. The number of nitrogens with zero attached hydrogens (tertiary/aromatic N) is 5. The Morgan fingerprint density at radius 2 is 2.22 bits per heavy atom. The zero-order chi connectivity index (χ0) is 16.2. The summed E-state index contributed by atoms with van der Waals surface area (Å²) in [7, 11) is 0. The standard InChI is InChI=1S/C15H19N5OS2/c1-10(2)13-17-14(21-19-13)11(3)23-15-18-16-9-20(15)7-6-12-5-4-8-22-12/h4-5,8-11H,6-7H2,1-3H3. The molecule has 0 aliphatic rings. The normalized spacial score (nSPS) is 12.9. The summed E-state index contributed by atoms with van der Waals surface area (Å²) in [6.07, 6.45) is 2.76. The van der Waals surface area contributed by atoms with Gasteiger partial charge in [0.1, 0.15) is 6.33 Å². The van der Waals surface area contributed by atoms with Crippen molar-refractivity contribution in [1.29, 1.82) is 0 Å². The Kier molecular flexibility index (Phi) is 5.12. The van der Waals surface area contributed by atoms with Crippen molar-refractivity contribution < 1.29 is 4.52 Å². The van der Waals surface area contributed by atoms with Gasteiger partial charge in [0, 0.05) is 17.3 Å². The summed E-state index contributed by atoms with van der Waals surface area (Å²) in [6.45, 7) is 7.01. The van der Waals surface area contributed by atoms with Gasteiger partial charge in [-0.1, -0.05) is 36.8 Å². The number of aryl methyl sites for hydroxylation is 2. The first-order chi connectivity index (χ1) is 11.1. The van der Waals surface area contributed by atoms with Crippen molar-refractivity contribution in [3.05, 3.63) is 40.4 Å². The van der Waals surface area contributed by atoms with Crippen LogP contribution in [0.5, 0.6) is 0 Å². The molecule has 0 bridgehead atoms. The van der Waals surface area contributed by atoms with Crippen LogP contribution in [0.1, 0.15) is 48.5 Å². The molecule has 8 heteroatoms. The Morgan fingerprint density at radius 3 is 2.91 bits per heavy atom. The van der Waals surface area contributed by atoms with Crippen molar-refractivity contribution in [3.63, 3.8) is 0 Å². The third-order valence-corrected chi connectivity index (χ3v) is 5.38. The average molecular weight is 349 g/mol. The van der Waals surface area contributed by atoms with E-state index in [2.05, 4.69) is 42.4 Å². The van der Waals surface area contributed by atoms with Gasteiger partial charge in [0.2, 0.25) is 5.89 Å². The summed E-state index contributed by atoms with van der Waals surface area (Å²) < 4.78 is 7.43. The lowest BCUT2D eigenvalue weighted by atomic mass is 10.2. The van der Waals surface area contributed by atoms with Gasteiger partial charge in [0.05, 0.1) is 5.25 Å². The highest BCUT2D eigenvalue weighted by Crippen LogP contribution is 2.33. The van der Waals surface area contributed by atoms with Crippen molar-refractivity contribution in [2.45, 2.75) is 50.1 Å². The molecular weight excluding hydrogens is 330 g/mol. The SMILES string of the molecule is CC(C)c1noc(C(C)Sc2nncn2CCc2cccs2)n1. The molecule has 1 unspecified atom stereocenters. The Bertz CT molecular complexity index is 735. The molecule has 6 nitrogen and oxygen atoms in total. The summed E-state index contributed by atoms with van der Waals surface area (Å²) in [5.74, 6) is 1.64. The Hall–Kier alpha value is -1.67. The van der Waals surface area contributed by atoms with Gasteiger partial charge in [-0.3, -0.25) is 0 Å². The molecule has 0 fully saturated rings. The molecule has 0 N–H and O–H groups in total. The predicted octanol–water partition coefficient (Wildman–Crippen LogP) is 3.94. The van der Waals surface area contributed by atoms with Gasteiger partial charge in [-0.2, -0.15) is 4.98 Å². The average Bonchev–Trinajstić information content (AvgIpc) is 3.27. The molecule has 3 heterocycles. The summed E-state index contributed by atoms with van der Waals surface area (Å²) in [5.41, 5.74) is 0. The summed E-state index contributed by atoms with van der Waals surface area (Å²) in [4.78, 5) is 5.81. The molecule has 3 rings (SSSR count). The maximum absolute atomic E-state index is 5.36. The van der Waals surface area contributed by atoms with Gasteiger partial charge in [0.15, 0.2) is 11.0 Å². The topological polar surface area (TPSA) is 69.6 Å². The van der Waals surface area contributed by atoms with Crippen LogP contribution in [0.25, 0.3) is 0 Å². The zero-order valence-corrected chi connectivity index (χ0v) is 15.0. The van der Waals surface area contributed by atoms with E-state index in [9.17, 15) is 0 Å². The monoisotopic (exact) mass is 349 g/mol. The molecule has 3 aromatic rings. The number of hydrogen-bond acceptors (Lipinski definition) is 7. The lowest BCUT2D eigenvalue weighted by Crippen LogP contribution is -2.02. The van der Waals surface area contributed by atoms with Gasteiger partial charge in [-0.05, 0) is 24.8 Å². The largest absolute Gasteiger partial charge is 0.338 e. The van der Waals surface area contributed by atoms with Crippen LogP contribution in [0.2, 0.25) is 0 Å². The number of aromatic nitrogens is 5. The first-order valence-electron chi connectivity index (χ1n) is 7.54. The molecule has 0 aliphatic carbocycles. The highest BCUT2D eigenvalue weighted by molar-refractivity contribution is 7.99. The first-order valence-corrected chi connectivity index (χ1v) is 9.29. The van der Waals surface area contributed by atoms with Crippen molar-refractivity contribution in [3.8, 4) is 0 Å². The van der Waals surface area contributed by atoms with Crippen LogP contribution in [0.15, 0.2) is 33.5 Å². The predicted molar refractivity (Wildman–Crippen MR) is 90.7 cm³/mol. The van der Waals surface area contributed by atoms with E-state index < -0.39 is 0 Å². The maximum atomic E-state index is 5.36. The number of hydrogen-bond donors (Lipinski definition) is 0. The van der Waals surface area contributed by atoms with Crippen LogP contribution in [0.4, 0.5) is 0 Å². The third kappa shape index (κ3) is 4.00. The Labute approximate surface area is 143 Å². The van der Waals surface area contributed by atoms with Gasteiger partial charge < -0.3 is 9.09 Å². The summed E-state index contributed by atoms with van der Waals surface area (Å²) in [5, 5.41) is 15.3. The van der Waals surface area contributed by atoms with Crippen LogP contribution >= 0.6 is 23.1 Å². The van der Waals surface area contributed by atoms with Crippen molar-refractivity contribution in [2.75, 3.05) is 0 Å².